The Morgan fingerprint density at radius 2 is 2.47 bits per heavy atom. The van der Waals surface area contributed by atoms with Crippen molar-refractivity contribution in [3.8, 4) is 0 Å². The molecule has 0 spiro atoms. The first kappa shape index (κ1) is 10.3. The molecule has 1 aliphatic rings. The molecule has 1 atom stereocenters. The normalized spacial score (nSPS) is 22.9. The maximum atomic E-state index is 10.9. The predicted octanol–water partition coefficient (Wildman–Crippen LogP) is 0.931. The third kappa shape index (κ3) is 2.41. The highest BCUT2D eigenvalue weighted by Gasteiger charge is 2.23. The largest absolute Gasteiger partial charge is 0.340 e. The molecule has 0 aromatic carbocycles. The summed E-state index contributed by atoms with van der Waals surface area (Å²) in [7, 11) is 0. The van der Waals surface area contributed by atoms with Gasteiger partial charge >= 0.3 is 0 Å². The van der Waals surface area contributed by atoms with Crippen LogP contribution in [0.4, 0.5) is 0 Å². The highest BCUT2D eigenvalue weighted by atomic mass is 16.5. The Morgan fingerprint density at radius 1 is 1.60 bits per heavy atom. The van der Waals surface area contributed by atoms with Gasteiger partial charge < -0.3 is 9.32 Å². The Bertz CT molecular complexity index is 337. The summed E-state index contributed by atoms with van der Waals surface area (Å²) in [6.45, 7) is 3.32. The second-order valence-electron chi connectivity index (χ2n) is 3.90. The van der Waals surface area contributed by atoms with Gasteiger partial charge in [0.2, 0.25) is 5.89 Å². The maximum Gasteiger partial charge on any atom is 0.223 e. The summed E-state index contributed by atoms with van der Waals surface area (Å²) in [5.74, 6) is 1.24. The number of carbonyl (C=O) groups is 1. The molecular formula is C10H15N3O2. The van der Waals surface area contributed by atoms with Crippen molar-refractivity contribution in [3.63, 3.8) is 0 Å². The van der Waals surface area contributed by atoms with Gasteiger partial charge in [-0.25, -0.2) is 0 Å². The number of aryl methyl sites for hydroxylation is 1. The van der Waals surface area contributed by atoms with Gasteiger partial charge in [-0.3, -0.25) is 4.90 Å². The SMILES string of the molecule is Cc1nc(CN2CCCCC2C=O)no1. The zero-order chi connectivity index (χ0) is 10.7. The maximum absolute atomic E-state index is 10.9. The first-order valence-corrected chi connectivity index (χ1v) is 5.28. The highest BCUT2D eigenvalue weighted by Crippen LogP contribution is 2.17. The van der Waals surface area contributed by atoms with Gasteiger partial charge in [0.05, 0.1) is 12.6 Å². The zero-order valence-electron chi connectivity index (χ0n) is 8.85. The first-order valence-electron chi connectivity index (χ1n) is 5.28. The molecule has 0 radical (unpaired) electrons. The van der Waals surface area contributed by atoms with Crippen LogP contribution in [0.1, 0.15) is 31.0 Å². The lowest BCUT2D eigenvalue weighted by Gasteiger charge is -2.30. The van der Waals surface area contributed by atoms with E-state index in [0.29, 0.717) is 18.3 Å². The van der Waals surface area contributed by atoms with Crippen LogP contribution in [0, 0.1) is 6.92 Å². The Balaban J connectivity index is 2.00. The summed E-state index contributed by atoms with van der Waals surface area (Å²) in [5, 5.41) is 3.83. The summed E-state index contributed by atoms with van der Waals surface area (Å²) < 4.78 is 4.90. The van der Waals surface area contributed by atoms with E-state index >= 15 is 0 Å². The predicted molar refractivity (Wildman–Crippen MR) is 53.1 cm³/mol. The summed E-state index contributed by atoms with van der Waals surface area (Å²) in [6.07, 6.45) is 4.23. The van der Waals surface area contributed by atoms with Gasteiger partial charge in [0.25, 0.3) is 0 Å². The number of likely N-dealkylation sites (tertiary alicyclic amines) is 1. The molecule has 0 bridgehead atoms. The van der Waals surface area contributed by atoms with Crippen LogP contribution in [0.5, 0.6) is 0 Å². The monoisotopic (exact) mass is 209 g/mol. The van der Waals surface area contributed by atoms with Crippen LogP contribution in [-0.4, -0.2) is 33.9 Å². The average molecular weight is 209 g/mol. The molecule has 1 aliphatic heterocycles. The lowest BCUT2D eigenvalue weighted by atomic mass is 10.0. The van der Waals surface area contributed by atoms with Crippen LogP contribution in [0.2, 0.25) is 0 Å². The lowest BCUT2D eigenvalue weighted by molar-refractivity contribution is -0.113. The molecule has 0 N–H and O–H groups in total. The van der Waals surface area contributed by atoms with Crippen molar-refractivity contribution in [1.82, 2.24) is 15.0 Å². The van der Waals surface area contributed by atoms with Crippen LogP contribution in [-0.2, 0) is 11.3 Å². The van der Waals surface area contributed by atoms with Crippen LogP contribution in [0.15, 0.2) is 4.52 Å². The van der Waals surface area contributed by atoms with Gasteiger partial charge in [-0.1, -0.05) is 11.6 Å². The molecule has 82 valence electrons. The number of aldehydes is 1. The van der Waals surface area contributed by atoms with Crippen molar-refractivity contribution in [2.75, 3.05) is 6.54 Å². The fourth-order valence-electron chi connectivity index (χ4n) is 1.95. The fraction of sp³-hybridized carbons (Fsp3) is 0.700. The van der Waals surface area contributed by atoms with Crippen LogP contribution in [0.25, 0.3) is 0 Å². The number of aromatic nitrogens is 2. The number of hydrogen-bond donors (Lipinski definition) is 0. The van der Waals surface area contributed by atoms with Gasteiger partial charge in [-0.05, 0) is 19.4 Å². The molecule has 0 saturated carbocycles. The Kier molecular flexibility index (Phi) is 3.11. The standard InChI is InChI=1S/C10H15N3O2/c1-8-11-10(12-15-8)6-13-5-3-2-4-9(13)7-14/h7,9H,2-6H2,1H3. The molecule has 15 heavy (non-hydrogen) atoms. The zero-order valence-corrected chi connectivity index (χ0v) is 8.85. The van der Waals surface area contributed by atoms with E-state index in [1.165, 1.54) is 0 Å². The molecule has 1 aromatic rings. The van der Waals surface area contributed by atoms with E-state index in [9.17, 15) is 4.79 Å². The number of piperidine rings is 1. The Hall–Kier alpha value is -1.23. The van der Waals surface area contributed by atoms with Crippen molar-refractivity contribution in [1.29, 1.82) is 0 Å². The molecular weight excluding hydrogens is 194 g/mol. The minimum absolute atomic E-state index is 0.0255. The van der Waals surface area contributed by atoms with Gasteiger partial charge in [0.1, 0.15) is 6.29 Å². The molecule has 2 heterocycles. The minimum atomic E-state index is 0.0255. The number of hydrogen-bond acceptors (Lipinski definition) is 5. The second-order valence-corrected chi connectivity index (χ2v) is 3.90. The van der Waals surface area contributed by atoms with Gasteiger partial charge in [-0.2, -0.15) is 4.98 Å². The van der Waals surface area contributed by atoms with E-state index in [4.69, 9.17) is 4.52 Å². The molecule has 0 aliphatic carbocycles. The van der Waals surface area contributed by atoms with E-state index in [0.717, 1.165) is 32.1 Å². The average Bonchev–Trinajstić information content (AvgIpc) is 2.65. The third-order valence-corrected chi connectivity index (χ3v) is 2.74. The van der Waals surface area contributed by atoms with Crippen molar-refractivity contribution in [3.05, 3.63) is 11.7 Å². The van der Waals surface area contributed by atoms with E-state index in [2.05, 4.69) is 15.0 Å². The van der Waals surface area contributed by atoms with E-state index in [-0.39, 0.29) is 6.04 Å². The molecule has 1 unspecified atom stereocenters. The quantitative estimate of drug-likeness (QED) is 0.693. The molecule has 0 amide bonds. The smallest absolute Gasteiger partial charge is 0.223 e. The van der Waals surface area contributed by atoms with Crippen molar-refractivity contribution in [2.24, 2.45) is 0 Å². The Morgan fingerprint density at radius 3 is 3.13 bits per heavy atom. The van der Waals surface area contributed by atoms with Gasteiger partial charge in [0.15, 0.2) is 5.82 Å². The minimum Gasteiger partial charge on any atom is -0.340 e. The van der Waals surface area contributed by atoms with E-state index in [1.807, 2.05) is 0 Å². The van der Waals surface area contributed by atoms with Crippen molar-refractivity contribution in [2.45, 2.75) is 38.8 Å². The molecule has 2 rings (SSSR count). The molecule has 1 aromatic heterocycles. The molecule has 1 fully saturated rings. The number of nitrogens with zero attached hydrogens (tertiary/aromatic N) is 3. The van der Waals surface area contributed by atoms with E-state index < -0.39 is 0 Å². The van der Waals surface area contributed by atoms with Crippen molar-refractivity contribution >= 4 is 6.29 Å². The van der Waals surface area contributed by atoms with Crippen LogP contribution in [0.3, 0.4) is 0 Å². The fourth-order valence-corrected chi connectivity index (χ4v) is 1.95. The summed E-state index contributed by atoms with van der Waals surface area (Å²) in [4.78, 5) is 17.1. The van der Waals surface area contributed by atoms with Crippen LogP contribution < -0.4 is 0 Å². The van der Waals surface area contributed by atoms with Gasteiger partial charge in [-0.15, -0.1) is 0 Å². The number of rotatable bonds is 3. The summed E-state index contributed by atoms with van der Waals surface area (Å²) >= 11 is 0. The molecule has 5 heteroatoms. The molecule has 5 nitrogen and oxygen atoms in total. The van der Waals surface area contributed by atoms with E-state index in [1.54, 1.807) is 6.92 Å². The third-order valence-electron chi connectivity index (χ3n) is 2.74. The number of carbonyl (C=O) groups excluding carboxylic acids is 1. The summed E-state index contributed by atoms with van der Waals surface area (Å²) in [5.41, 5.74) is 0. The van der Waals surface area contributed by atoms with Gasteiger partial charge in [0, 0.05) is 6.92 Å². The lowest BCUT2D eigenvalue weighted by Crippen LogP contribution is -2.40. The first-order chi connectivity index (χ1) is 7.29. The Labute approximate surface area is 88.5 Å². The summed E-state index contributed by atoms with van der Waals surface area (Å²) in [6, 6.07) is 0.0255. The highest BCUT2D eigenvalue weighted by molar-refractivity contribution is 5.57. The topological polar surface area (TPSA) is 59.2 Å². The second kappa shape index (κ2) is 4.53. The van der Waals surface area contributed by atoms with Crippen molar-refractivity contribution < 1.29 is 9.32 Å². The molecule has 1 saturated heterocycles. The van der Waals surface area contributed by atoms with Crippen LogP contribution >= 0.6 is 0 Å².